The van der Waals surface area contributed by atoms with Crippen molar-refractivity contribution in [2.45, 2.75) is 6.54 Å². The van der Waals surface area contributed by atoms with Crippen LogP contribution in [0.15, 0.2) is 54.0 Å². The van der Waals surface area contributed by atoms with Crippen LogP contribution in [-0.4, -0.2) is 13.3 Å². The summed E-state index contributed by atoms with van der Waals surface area (Å²) in [7, 11) is 1.72. The molecule has 63 heavy (non-hydrogen) atoms. The number of thiazole rings is 1. The fourth-order valence-corrected chi connectivity index (χ4v) is 7.95. The summed E-state index contributed by atoms with van der Waals surface area (Å²) >= 11 is 1.72. The van der Waals surface area contributed by atoms with E-state index in [1.165, 1.54) is 15.8 Å². The molecule has 1 heterocycles. The van der Waals surface area contributed by atoms with E-state index in [0.29, 0.717) is 0 Å². The highest BCUT2D eigenvalue weighted by atomic mass is 32.1. The Morgan fingerprint density at radius 1 is 0.397 bits per heavy atom. The predicted molar refractivity (Wildman–Crippen MR) is 183 cm³/mol. The van der Waals surface area contributed by atoms with Crippen LogP contribution in [0.5, 0.6) is 5.75 Å². The molecule has 330 valence electrons. The van der Waals surface area contributed by atoms with Crippen molar-refractivity contribution >= 4 is 49.6 Å². The molecule has 0 radical (unpaired) electrons. The van der Waals surface area contributed by atoms with Gasteiger partial charge >= 0.3 is 0 Å². The fourth-order valence-electron chi connectivity index (χ4n) is 6.96. The Morgan fingerprint density at radius 3 is 1.00 bits per heavy atom. The average molecular weight is 935 g/mol. The second kappa shape index (κ2) is 17.1. The molecule has 2 nitrogen and oxygen atoms in total. The van der Waals surface area contributed by atoms with Gasteiger partial charge in [0.2, 0.25) is 11.0 Å². The Balaban J connectivity index is 0.000000302. The van der Waals surface area contributed by atoms with E-state index in [4.69, 9.17) is 4.74 Å². The number of benzene rings is 6. The SMILES string of the molecule is COc1cccc2c1sc[n+]2Cc1ccccc1.Fc1c(F)c(F)c([B-](c2c(F)c(F)c(F)c(F)c2F)(c2c(F)c(F)c(F)c(F)c2F)c2c(F)c(F)c(F)c(F)c2F)c(F)c1F. The minimum Gasteiger partial charge on any atom is -0.495 e. The average Bonchev–Trinajstić information content (AvgIpc) is 3.69. The number of aromatic nitrogens is 1. The third-order valence-electron chi connectivity index (χ3n) is 9.69. The van der Waals surface area contributed by atoms with E-state index in [9.17, 15) is 52.7 Å². The monoisotopic (exact) mass is 935 g/mol. The smallest absolute Gasteiger partial charge is 0.227 e. The maximum Gasteiger partial charge on any atom is 0.227 e. The zero-order valence-electron chi connectivity index (χ0n) is 30.3. The molecule has 0 unspecified atom stereocenters. The summed E-state index contributed by atoms with van der Waals surface area (Å²) in [6.45, 7) is 0.897. The van der Waals surface area contributed by atoms with Crippen molar-refractivity contribution in [3.63, 3.8) is 0 Å². The maximum atomic E-state index is 15.4. The first-order valence-electron chi connectivity index (χ1n) is 16.8. The molecule has 6 aromatic carbocycles. The number of halogens is 20. The van der Waals surface area contributed by atoms with Crippen molar-refractivity contribution in [3.8, 4) is 5.75 Å². The normalized spacial score (nSPS) is 11.6. The number of ether oxygens (including phenoxy) is 1. The molecule has 0 aliphatic rings. The van der Waals surface area contributed by atoms with Crippen LogP contribution in [-0.2, 0) is 6.54 Å². The Hall–Kier alpha value is -6.33. The Morgan fingerprint density at radius 2 is 0.698 bits per heavy atom. The first-order valence-corrected chi connectivity index (χ1v) is 17.7. The van der Waals surface area contributed by atoms with E-state index < -0.39 is 144 Å². The topological polar surface area (TPSA) is 13.1 Å². The highest BCUT2D eigenvalue weighted by Gasteiger charge is 2.52. The van der Waals surface area contributed by atoms with E-state index in [2.05, 4.69) is 40.4 Å². The fraction of sp³-hybridized carbons (Fsp3) is 0.0513. The third-order valence-corrected chi connectivity index (χ3v) is 10.7. The Kier molecular flexibility index (Phi) is 12.5. The minimum atomic E-state index is -7.22. The molecule has 7 aromatic rings. The van der Waals surface area contributed by atoms with Crippen LogP contribution in [0.4, 0.5) is 87.8 Å². The third kappa shape index (κ3) is 7.07. The lowest BCUT2D eigenvalue weighted by Gasteiger charge is -2.44. The van der Waals surface area contributed by atoms with E-state index in [1.54, 1.807) is 18.4 Å². The van der Waals surface area contributed by atoms with Gasteiger partial charge in [0.25, 0.3) is 0 Å². The second-order valence-electron chi connectivity index (χ2n) is 12.9. The van der Waals surface area contributed by atoms with E-state index >= 15 is 35.1 Å². The van der Waals surface area contributed by atoms with E-state index in [-0.39, 0.29) is 0 Å². The van der Waals surface area contributed by atoms with Gasteiger partial charge in [0.05, 0.1) is 7.11 Å². The van der Waals surface area contributed by atoms with Crippen LogP contribution >= 0.6 is 11.3 Å². The van der Waals surface area contributed by atoms with E-state index in [1.807, 2.05) is 18.2 Å². The largest absolute Gasteiger partial charge is 0.495 e. The lowest BCUT2D eigenvalue weighted by Crippen LogP contribution is -2.81. The summed E-state index contributed by atoms with van der Waals surface area (Å²) in [4.78, 5) is 0. The standard InChI is InChI=1S/C24BF20.C15H14NOS/c26-5-1(6(27)14(35)21(42)13(5)34)25(2-7(28)15(36)22(43)16(37)8(2)29,3-9(30)17(38)23(44)18(39)10(3)31)4-11(32)19(40)24(45)20(41)12(4)33;1-17-14-9-5-8-13-15(14)18-11-16(13)10-12-6-3-2-4-7-12/h;2-9,11H,10H2,1H3/q-1;+1. The molecule has 0 saturated heterocycles. The Labute approximate surface area is 341 Å². The lowest BCUT2D eigenvalue weighted by atomic mass is 9.12. The molecule has 0 fully saturated rings. The first-order chi connectivity index (χ1) is 29.6. The molecule has 0 spiro atoms. The van der Waals surface area contributed by atoms with Gasteiger partial charge in [-0.05, 0) is 6.07 Å². The number of methoxy groups -OCH3 is 1. The van der Waals surface area contributed by atoms with Crippen molar-refractivity contribution in [1.82, 2.24) is 0 Å². The van der Waals surface area contributed by atoms with Gasteiger partial charge in [-0.2, -0.15) is 4.57 Å². The van der Waals surface area contributed by atoms with Gasteiger partial charge in [-0.3, -0.25) is 0 Å². The lowest BCUT2D eigenvalue weighted by molar-refractivity contribution is -0.658. The molecule has 0 saturated carbocycles. The highest BCUT2D eigenvalue weighted by Crippen LogP contribution is 2.31. The number of hydrogen-bond donors (Lipinski definition) is 0. The summed E-state index contributed by atoms with van der Waals surface area (Å²) in [5.74, 6) is -70.5. The molecule has 0 aliphatic carbocycles. The molecular weight excluding hydrogens is 921 g/mol. The van der Waals surface area contributed by atoms with Crippen molar-refractivity contribution < 1.29 is 97.1 Å². The van der Waals surface area contributed by atoms with Crippen LogP contribution in [0.3, 0.4) is 0 Å². The molecule has 7 rings (SSSR count). The predicted octanol–water partition coefficient (Wildman–Crippen LogP) is 9.09. The first kappa shape index (κ1) is 46.2. The summed E-state index contributed by atoms with van der Waals surface area (Å²) in [6.07, 6.45) is -7.22. The van der Waals surface area contributed by atoms with Crippen LogP contribution in [0.2, 0.25) is 0 Å². The van der Waals surface area contributed by atoms with Crippen LogP contribution in [0, 0.1) is 116 Å². The molecule has 0 N–H and O–H groups in total. The summed E-state index contributed by atoms with van der Waals surface area (Å²) < 4.78 is 303. The van der Waals surface area contributed by atoms with Crippen molar-refractivity contribution in [2.75, 3.05) is 7.11 Å². The van der Waals surface area contributed by atoms with Crippen LogP contribution in [0.1, 0.15) is 5.56 Å². The van der Waals surface area contributed by atoms with Gasteiger partial charge in [-0.25, -0.2) is 87.8 Å². The van der Waals surface area contributed by atoms with E-state index in [0.717, 1.165) is 12.3 Å². The van der Waals surface area contributed by atoms with Crippen molar-refractivity contribution in [2.24, 2.45) is 0 Å². The molecule has 0 aliphatic heterocycles. The number of nitrogens with zero attached hydrogens (tertiary/aromatic N) is 1. The van der Waals surface area contributed by atoms with Gasteiger partial charge < -0.3 is 4.74 Å². The Bertz CT molecular complexity index is 2600. The van der Waals surface area contributed by atoms with Crippen LogP contribution < -0.4 is 31.2 Å². The van der Waals surface area contributed by atoms with Gasteiger partial charge in [0.1, 0.15) is 63.1 Å². The molecule has 1 aromatic heterocycles. The molecular formula is C39H14BF20NOS. The quantitative estimate of drug-likeness (QED) is 0.0512. The molecule has 24 heteroatoms. The highest BCUT2D eigenvalue weighted by molar-refractivity contribution is 7.20. The van der Waals surface area contributed by atoms with Gasteiger partial charge in [0, 0.05) is 11.6 Å². The van der Waals surface area contributed by atoms with Gasteiger partial charge in [0.15, 0.2) is 76.4 Å². The molecule has 0 atom stereocenters. The number of rotatable bonds is 7. The zero-order chi connectivity index (χ0) is 46.7. The summed E-state index contributed by atoms with van der Waals surface area (Å²) in [5.41, 5.74) is -9.64. The van der Waals surface area contributed by atoms with Crippen molar-refractivity contribution in [3.05, 3.63) is 176 Å². The van der Waals surface area contributed by atoms with Crippen LogP contribution in [0.25, 0.3) is 10.2 Å². The minimum absolute atomic E-state index is 0.897. The number of hydrogen-bond acceptors (Lipinski definition) is 2. The summed E-state index contributed by atoms with van der Waals surface area (Å²) in [6, 6.07) is 16.7. The molecule has 0 bridgehead atoms. The van der Waals surface area contributed by atoms with Gasteiger partial charge in [-0.15, -0.1) is 21.9 Å². The zero-order valence-corrected chi connectivity index (χ0v) is 31.1. The maximum absolute atomic E-state index is 15.4. The van der Waals surface area contributed by atoms with Gasteiger partial charge in [-0.1, -0.05) is 47.7 Å². The van der Waals surface area contributed by atoms with Crippen molar-refractivity contribution in [1.29, 1.82) is 0 Å². The summed E-state index contributed by atoms with van der Waals surface area (Å²) in [5, 5.41) is 0. The molecule has 0 amide bonds. The second-order valence-corrected chi connectivity index (χ2v) is 13.8. The number of fused-ring (bicyclic) bond motifs is 1.